The van der Waals surface area contributed by atoms with Gasteiger partial charge in [-0.2, -0.15) is 0 Å². The van der Waals surface area contributed by atoms with Crippen LogP contribution in [-0.2, 0) is 6.42 Å². The molecule has 2 rings (SSSR count). The Morgan fingerprint density at radius 3 is 2.73 bits per heavy atom. The molecule has 1 heterocycles. The highest BCUT2D eigenvalue weighted by molar-refractivity contribution is 5.48. The van der Waals surface area contributed by atoms with Crippen LogP contribution in [0.2, 0.25) is 0 Å². The summed E-state index contributed by atoms with van der Waals surface area (Å²) in [6.45, 7) is 6.61. The molecule has 1 aliphatic heterocycles. The summed E-state index contributed by atoms with van der Waals surface area (Å²) in [6.07, 6.45) is 1.04. The molecule has 0 amide bonds. The van der Waals surface area contributed by atoms with E-state index in [4.69, 9.17) is 9.47 Å². The SMILES string of the molecule is CCNCCc1cc2c(cc1C)OCO2. The summed E-state index contributed by atoms with van der Waals surface area (Å²) < 4.78 is 10.7. The lowest BCUT2D eigenvalue weighted by molar-refractivity contribution is 0.174. The first-order chi connectivity index (χ1) is 7.31. The summed E-state index contributed by atoms with van der Waals surface area (Å²) in [5.74, 6) is 1.76. The first-order valence-electron chi connectivity index (χ1n) is 5.41. The van der Waals surface area contributed by atoms with Gasteiger partial charge in [0.25, 0.3) is 0 Å². The average Bonchev–Trinajstić information content (AvgIpc) is 2.65. The van der Waals surface area contributed by atoms with E-state index < -0.39 is 0 Å². The Morgan fingerprint density at radius 2 is 2.00 bits per heavy atom. The van der Waals surface area contributed by atoms with Crippen molar-refractivity contribution in [2.75, 3.05) is 19.9 Å². The highest BCUT2D eigenvalue weighted by atomic mass is 16.7. The monoisotopic (exact) mass is 207 g/mol. The fourth-order valence-electron chi connectivity index (χ4n) is 1.75. The summed E-state index contributed by atoms with van der Waals surface area (Å²) in [4.78, 5) is 0. The molecule has 0 fully saturated rings. The molecule has 0 aromatic heterocycles. The Labute approximate surface area is 90.4 Å². The highest BCUT2D eigenvalue weighted by Crippen LogP contribution is 2.34. The van der Waals surface area contributed by atoms with Gasteiger partial charge in [-0.05, 0) is 49.7 Å². The summed E-state index contributed by atoms with van der Waals surface area (Å²) >= 11 is 0. The van der Waals surface area contributed by atoms with Crippen LogP contribution in [0.3, 0.4) is 0 Å². The third-order valence-electron chi connectivity index (χ3n) is 2.65. The molecule has 0 saturated carbocycles. The first kappa shape index (κ1) is 10.3. The Bertz CT molecular complexity index is 350. The van der Waals surface area contributed by atoms with E-state index in [1.54, 1.807) is 0 Å². The van der Waals surface area contributed by atoms with Gasteiger partial charge >= 0.3 is 0 Å². The van der Waals surface area contributed by atoms with Gasteiger partial charge in [-0.1, -0.05) is 6.92 Å². The van der Waals surface area contributed by atoms with Gasteiger partial charge in [0.15, 0.2) is 11.5 Å². The van der Waals surface area contributed by atoms with Gasteiger partial charge in [-0.25, -0.2) is 0 Å². The van der Waals surface area contributed by atoms with Crippen LogP contribution in [0.5, 0.6) is 11.5 Å². The Morgan fingerprint density at radius 1 is 1.27 bits per heavy atom. The predicted octanol–water partition coefficient (Wildman–Crippen LogP) is 1.88. The number of fused-ring (bicyclic) bond motifs is 1. The molecule has 0 atom stereocenters. The molecule has 0 saturated heterocycles. The molecule has 1 aromatic carbocycles. The van der Waals surface area contributed by atoms with E-state index in [-0.39, 0.29) is 0 Å². The topological polar surface area (TPSA) is 30.5 Å². The fourth-order valence-corrected chi connectivity index (χ4v) is 1.75. The quantitative estimate of drug-likeness (QED) is 0.765. The van der Waals surface area contributed by atoms with E-state index >= 15 is 0 Å². The maximum atomic E-state index is 5.36. The van der Waals surface area contributed by atoms with Crippen molar-refractivity contribution in [3.8, 4) is 11.5 Å². The molecule has 0 bridgehead atoms. The van der Waals surface area contributed by atoms with Crippen molar-refractivity contribution in [2.45, 2.75) is 20.3 Å². The highest BCUT2D eigenvalue weighted by Gasteiger charge is 2.15. The van der Waals surface area contributed by atoms with Crippen molar-refractivity contribution in [3.05, 3.63) is 23.3 Å². The van der Waals surface area contributed by atoms with Gasteiger partial charge in [0.2, 0.25) is 6.79 Å². The van der Waals surface area contributed by atoms with Crippen molar-refractivity contribution >= 4 is 0 Å². The van der Waals surface area contributed by atoms with E-state index in [9.17, 15) is 0 Å². The molecule has 1 aliphatic rings. The zero-order chi connectivity index (χ0) is 10.7. The van der Waals surface area contributed by atoms with E-state index in [2.05, 4.69) is 31.3 Å². The molecule has 1 aromatic rings. The van der Waals surface area contributed by atoms with Crippen LogP contribution >= 0.6 is 0 Å². The number of ether oxygens (including phenoxy) is 2. The molecule has 0 spiro atoms. The first-order valence-corrected chi connectivity index (χ1v) is 5.41. The molecule has 0 unspecified atom stereocenters. The summed E-state index contributed by atoms with van der Waals surface area (Å²) in [6, 6.07) is 4.15. The van der Waals surface area contributed by atoms with Gasteiger partial charge in [-0.15, -0.1) is 0 Å². The second-order valence-electron chi connectivity index (χ2n) is 3.74. The zero-order valence-corrected chi connectivity index (χ0v) is 9.30. The van der Waals surface area contributed by atoms with Crippen molar-refractivity contribution in [2.24, 2.45) is 0 Å². The Balaban J connectivity index is 2.10. The normalized spacial score (nSPS) is 13.2. The molecule has 0 aliphatic carbocycles. The summed E-state index contributed by atoms with van der Waals surface area (Å²) in [5.41, 5.74) is 2.61. The number of aryl methyl sites for hydroxylation is 1. The Hall–Kier alpha value is -1.22. The van der Waals surface area contributed by atoms with Crippen molar-refractivity contribution in [1.29, 1.82) is 0 Å². The van der Waals surface area contributed by atoms with Gasteiger partial charge in [-0.3, -0.25) is 0 Å². The predicted molar refractivity (Wildman–Crippen MR) is 59.5 cm³/mol. The van der Waals surface area contributed by atoms with Crippen LogP contribution in [0.4, 0.5) is 0 Å². The number of benzene rings is 1. The largest absolute Gasteiger partial charge is 0.454 e. The second kappa shape index (κ2) is 4.53. The van der Waals surface area contributed by atoms with Crippen LogP contribution in [0, 0.1) is 6.92 Å². The van der Waals surface area contributed by atoms with Gasteiger partial charge in [0.05, 0.1) is 0 Å². The van der Waals surface area contributed by atoms with Crippen LogP contribution in [0.25, 0.3) is 0 Å². The number of hydrogen-bond acceptors (Lipinski definition) is 3. The lowest BCUT2D eigenvalue weighted by Crippen LogP contribution is -2.16. The second-order valence-corrected chi connectivity index (χ2v) is 3.74. The maximum Gasteiger partial charge on any atom is 0.231 e. The van der Waals surface area contributed by atoms with Crippen molar-refractivity contribution in [3.63, 3.8) is 0 Å². The van der Waals surface area contributed by atoms with Crippen molar-refractivity contribution < 1.29 is 9.47 Å². The van der Waals surface area contributed by atoms with E-state index in [1.165, 1.54) is 11.1 Å². The Kier molecular flexibility index (Phi) is 3.11. The smallest absolute Gasteiger partial charge is 0.231 e. The van der Waals surface area contributed by atoms with E-state index in [0.717, 1.165) is 31.0 Å². The van der Waals surface area contributed by atoms with Crippen LogP contribution in [-0.4, -0.2) is 19.9 Å². The van der Waals surface area contributed by atoms with Crippen molar-refractivity contribution in [1.82, 2.24) is 5.32 Å². The average molecular weight is 207 g/mol. The molecule has 82 valence electrons. The molecule has 3 nitrogen and oxygen atoms in total. The standard InChI is InChI=1S/C12H17NO2/c1-3-13-5-4-10-7-12-11(6-9(10)2)14-8-15-12/h6-7,13H,3-5,8H2,1-2H3. The molecule has 3 heteroatoms. The molecule has 0 radical (unpaired) electrons. The molecule has 1 N–H and O–H groups in total. The lowest BCUT2D eigenvalue weighted by Gasteiger charge is -2.07. The molecule has 15 heavy (non-hydrogen) atoms. The number of hydrogen-bond donors (Lipinski definition) is 1. The minimum atomic E-state index is 0.353. The number of nitrogens with one attached hydrogen (secondary N) is 1. The molecular weight excluding hydrogens is 190 g/mol. The minimum Gasteiger partial charge on any atom is -0.454 e. The maximum absolute atomic E-state index is 5.36. The van der Waals surface area contributed by atoms with Gasteiger partial charge in [0.1, 0.15) is 0 Å². The summed E-state index contributed by atoms with van der Waals surface area (Å²) in [5, 5.41) is 3.32. The molecular formula is C12H17NO2. The summed E-state index contributed by atoms with van der Waals surface area (Å²) in [7, 11) is 0. The minimum absolute atomic E-state index is 0.353. The third-order valence-corrected chi connectivity index (χ3v) is 2.65. The van der Waals surface area contributed by atoms with E-state index in [1.807, 2.05) is 0 Å². The van der Waals surface area contributed by atoms with Crippen LogP contribution in [0.1, 0.15) is 18.1 Å². The lowest BCUT2D eigenvalue weighted by atomic mass is 10.0. The fraction of sp³-hybridized carbons (Fsp3) is 0.500. The number of likely N-dealkylation sites (N-methyl/N-ethyl adjacent to an activating group) is 1. The third kappa shape index (κ3) is 2.23. The number of rotatable bonds is 4. The van der Waals surface area contributed by atoms with Gasteiger partial charge in [0, 0.05) is 0 Å². The van der Waals surface area contributed by atoms with Gasteiger partial charge < -0.3 is 14.8 Å². The van der Waals surface area contributed by atoms with E-state index in [0.29, 0.717) is 6.79 Å². The zero-order valence-electron chi connectivity index (χ0n) is 9.30. The van der Waals surface area contributed by atoms with Crippen LogP contribution in [0.15, 0.2) is 12.1 Å². The van der Waals surface area contributed by atoms with Crippen LogP contribution < -0.4 is 14.8 Å².